The molecule has 0 aliphatic rings. The molecule has 0 saturated carbocycles. The fraction of sp³-hybridized carbons (Fsp3) is 0.364. The van der Waals surface area contributed by atoms with E-state index in [1.807, 2.05) is 24.3 Å². The van der Waals surface area contributed by atoms with Crippen LogP contribution in [0.25, 0.3) is 0 Å². The topological polar surface area (TPSA) is 73.6 Å². The van der Waals surface area contributed by atoms with Crippen LogP contribution in [0.4, 0.5) is 0 Å². The summed E-state index contributed by atoms with van der Waals surface area (Å²) >= 11 is 4.09. The molecule has 0 aliphatic carbocycles. The molecule has 0 aliphatic heterocycles. The molecular weight excluding hydrogens is 222 g/mol. The second kappa shape index (κ2) is 7.00. The summed E-state index contributed by atoms with van der Waals surface area (Å²) in [6, 6.07) is 7.90. The minimum Gasteiger partial charge on any atom is -0.493 e. The third kappa shape index (κ3) is 4.93. The van der Waals surface area contributed by atoms with Gasteiger partial charge in [0.2, 0.25) is 0 Å². The number of guanidine groups is 1. The van der Waals surface area contributed by atoms with Gasteiger partial charge in [-0.1, -0.05) is 12.1 Å². The summed E-state index contributed by atoms with van der Waals surface area (Å²) in [5.41, 5.74) is 11.6. The van der Waals surface area contributed by atoms with Crippen LogP contribution in [0, 0.1) is 0 Å². The van der Waals surface area contributed by atoms with E-state index < -0.39 is 0 Å². The number of nitrogens with two attached hydrogens (primary N) is 2. The Balaban J connectivity index is 2.50. The maximum atomic E-state index is 5.46. The maximum absolute atomic E-state index is 5.46. The van der Waals surface area contributed by atoms with Crippen molar-refractivity contribution in [3.05, 3.63) is 29.8 Å². The summed E-state index contributed by atoms with van der Waals surface area (Å²) in [4.78, 5) is 3.93. The molecule has 0 heterocycles. The van der Waals surface area contributed by atoms with Gasteiger partial charge < -0.3 is 16.2 Å². The monoisotopic (exact) mass is 239 g/mol. The van der Waals surface area contributed by atoms with Crippen molar-refractivity contribution in [1.82, 2.24) is 0 Å². The van der Waals surface area contributed by atoms with Crippen LogP contribution in [-0.4, -0.2) is 24.9 Å². The number of ether oxygens (including phenoxy) is 1. The van der Waals surface area contributed by atoms with E-state index in [1.54, 1.807) is 0 Å². The first kappa shape index (κ1) is 12.7. The van der Waals surface area contributed by atoms with E-state index in [-0.39, 0.29) is 5.96 Å². The van der Waals surface area contributed by atoms with Gasteiger partial charge in [-0.3, -0.25) is 4.99 Å². The van der Waals surface area contributed by atoms with Crippen LogP contribution in [-0.2, 0) is 6.42 Å². The third-order valence-corrected chi connectivity index (χ3v) is 2.14. The van der Waals surface area contributed by atoms with Crippen molar-refractivity contribution in [2.45, 2.75) is 6.42 Å². The molecule has 4 N–H and O–H groups in total. The molecule has 1 aromatic carbocycles. The van der Waals surface area contributed by atoms with Gasteiger partial charge in [0.05, 0.1) is 6.61 Å². The lowest BCUT2D eigenvalue weighted by atomic mass is 10.1. The maximum Gasteiger partial charge on any atom is 0.185 e. The molecule has 0 atom stereocenters. The average molecular weight is 239 g/mol. The summed E-state index contributed by atoms with van der Waals surface area (Å²) in [6.45, 7) is 1.21. The Hall–Kier alpha value is -1.36. The summed E-state index contributed by atoms with van der Waals surface area (Å²) in [6.07, 6.45) is 0.802. The molecule has 4 nitrogen and oxygen atoms in total. The lowest BCUT2D eigenvalue weighted by Crippen LogP contribution is -2.23. The number of aliphatic imine (C=N–C) groups is 1. The van der Waals surface area contributed by atoms with E-state index >= 15 is 0 Å². The molecule has 16 heavy (non-hydrogen) atoms. The Morgan fingerprint density at radius 1 is 1.38 bits per heavy atom. The SMILES string of the molecule is NC(N)=NCCc1cccc(OCCS)c1. The molecule has 0 unspecified atom stereocenters. The normalized spacial score (nSPS) is 9.81. The van der Waals surface area contributed by atoms with E-state index in [4.69, 9.17) is 16.2 Å². The first-order valence-electron chi connectivity index (χ1n) is 5.10. The van der Waals surface area contributed by atoms with Crippen molar-refractivity contribution in [2.24, 2.45) is 16.5 Å². The van der Waals surface area contributed by atoms with Gasteiger partial charge in [0.25, 0.3) is 0 Å². The van der Waals surface area contributed by atoms with Gasteiger partial charge in [-0.2, -0.15) is 12.6 Å². The number of hydrogen-bond acceptors (Lipinski definition) is 3. The standard InChI is InChI=1S/C11H17N3OS/c12-11(13)14-5-4-9-2-1-3-10(8-9)15-6-7-16/h1-3,8,16H,4-7H2,(H4,12,13,14). The van der Waals surface area contributed by atoms with Crippen molar-refractivity contribution in [3.8, 4) is 5.75 Å². The van der Waals surface area contributed by atoms with Crippen molar-refractivity contribution in [1.29, 1.82) is 0 Å². The molecular formula is C11H17N3OS. The van der Waals surface area contributed by atoms with Crippen molar-refractivity contribution >= 4 is 18.6 Å². The molecule has 1 rings (SSSR count). The average Bonchev–Trinajstić information content (AvgIpc) is 2.26. The van der Waals surface area contributed by atoms with Crippen molar-refractivity contribution in [2.75, 3.05) is 18.9 Å². The van der Waals surface area contributed by atoms with Crippen molar-refractivity contribution < 1.29 is 4.74 Å². The first-order valence-corrected chi connectivity index (χ1v) is 5.73. The highest BCUT2D eigenvalue weighted by atomic mass is 32.1. The number of thiol groups is 1. The van der Waals surface area contributed by atoms with Crippen LogP contribution in [0.5, 0.6) is 5.75 Å². The van der Waals surface area contributed by atoms with Crippen LogP contribution >= 0.6 is 12.6 Å². The van der Waals surface area contributed by atoms with Crippen LogP contribution in [0.1, 0.15) is 5.56 Å². The fourth-order valence-electron chi connectivity index (χ4n) is 1.27. The van der Waals surface area contributed by atoms with E-state index in [0.717, 1.165) is 17.7 Å². The predicted molar refractivity (Wildman–Crippen MR) is 70.2 cm³/mol. The van der Waals surface area contributed by atoms with Crippen LogP contribution in [0.15, 0.2) is 29.3 Å². The quantitative estimate of drug-likeness (QED) is 0.391. The fourth-order valence-corrected chi connectivity index (χ4v) is 1.36. The highest BCUT2D eigenvalue weighted by molar-refractivity contribution is 7.80. The summed E-state index contributed by atoms with van der Waals surface area (Å²) in [5, 5.41) is 0. The van der Waals surface area contributed by atoms with E-state index in [2.05, 4.69) is 17.6 Å². The molecule has 0 bridgehead atoms. The lowest BCUT2D eigenvalue weighted by molar-refractivity contribution is 0.344. The Kier molecular flexibility index (Phi) is 5.56. The van der Waals surface area contributed by atoms with Gasteiger partial charge in [0.15, 0.2) is 5.96 Å². The number of hydrogen-bond donors (Lipinski definition) is 3. The van der Waals surface area contributed by atoms with Crippen LogP contribution < -0.4 is 16.2 Å². The molecule has 0 spiro atoms. The third-order valence-electron chi connectivity index (χ3n) is 1.95. The van der Waals surface area contributed by atoms with Gasteiger partial charge in [-0.15, -0.1) is 0 Å². The molecule has 5 heteroatoms. The minimum atomic E-state index is 0.127. The van der Waals surface area contributed by atoms with Crippen LogP contribution in [0.2, 0.25) is 0 Å². The molecule has 1 aromatic rings. The second-order valence-electron chi connectivity index (χ2n) is 3.28. The number of rotatable bonds is 6. The largest absolute Gasteiger partial charge is 0.493 e. The molecule has 0 fully saturated rings. The molecule has 0 amide bonds. The Morgan fingerprint density at radius 3 is 2.88 bits per heavy atom. The first-order chi connectivity index (χ1) is 7.72. The minimum absolute atomic E-state index is 0.127. The second-order valence-corrected chi connectivity index (χ2v) is 3.72. The molecule has 0 saturated heterocycles. The molecule has 0 radical (unpaired) electrons. The number of nitrogens with zero attached hydrogens (tertiary/aromatic N) is 1. The lowest BCUT2D eigenvalue weighted by Gasteiger charge is -2.06. The zero-order chi connectivity index (χ0) is 11.8. The summed E-state index contributed by atoms with van der Waals surface area (Å²) < 4.78 is 5.46. The van der Waals surface area contributed by atoms with Gasteiger partial charge >= 0.3 is 0 Å². The van der Waals surface area contributed by atoms with E-state index in [0.29, 0.717) is 18.9 Å². The predicted octanol–water partition coefficient (Wildman–Crippen LogP) is 0.811. The zero-order valence-corrected chi connectivity index (χ0v) is 9.99. The Morgan fingerprint density at radius 2 is 2.19 bits per heavy atom. The number of benzene rings is 1. The Labute approximate surface area is 101 Å². The highest BCUT2D eigenvalue weighted by Crippen LogP contribution is 2.13. The molecule has 88 valence electrons. The zero-order valence-electron chi connectivity index (χ0n) is 9.10. The van der Waals surface area contributed by atoms with Crippen molar-refractivity contribution in [3.63, 3.8) is 0 Å². The summed E-state index contributed by atoms with van der Waals surface area (Å²) in [5.74, 6) is 1.69. The van der Waals surface area contributed by atoms with E-state index in [9.17, 15) is 0 Å². The highest BCUT2D eigenvalue weighted by Gasteiger charge is 1.96. The molecule has 0 aromatic heterocycles. The summed E-state index contributed by atoms with van der Waals surface area (Å²) in [7, 11) is 0. The van der Waals surface area contributed by atoms with Gasteiger partial charge in [-0.05, 0) is 24.1 Å². The van der Waals surface area contributed by atoms with Gasteiger partial charge in [-0.25, -0.2) is 0 Å². The van der Waals surface area contributed by atoms with Gasteiger partial charge in [0, 0.05) is 12.3 Å². The van der Waals surface area contributed by atoms with Crippen LogP contribution in [0.3, 0.4) is 0 Å². The van der Waals surface area contributed by atoms with Gasteiger partial charge in [0.1, 0.15) is 5.75 Å². The Bertz CT molecular complexity index is 351. The smallest absolute Gasteiger partial charge is 0.185 e. The van der Waals surface area contributed by atoms with E-state index in [1.165, 1.54) is 0 Å².